The molecule has 0 aliphatic rings. The highest BCUT2D eigenvalue weighted by atomic mass is 19.1. The summed E-state index contributed by atoms with van der Waals surface area (Å²) in [5, 5.41) is 10.8. The third-order valence-corrected chi connectivity index (χ3v) is 3.57. The second-order valence-corrected chi connectivity index (χ2v) is 5.21. The van der Waals surface area contributed by atoms with Gasteiger partial charge < -0.3 is 4.90 Å². The Labute approximate surface area is 133 Å². The molecule has 0 aliphatic heterocycles. The van der Waals surface area contributed by atoms with E-state index in [1.807, 2.05) is 6.92 Å². The van der Waals surface area contributed by atoms with Crippen molar-refractivity contribution < 1.29 is 14.1 Å². The molecule has 1 amide bonds. The van der Waals surface area contributed by atoms with Crippen LogP contribution in [0.5, 0.6) is 0 Å². The summed E-state index contributed by atoms with van der Waals surface area (Å²) in [6.07, 6.45) is 0. The Hall–Kier alpha value is -2.76. The van der Waals surface area contributed by atoms with Crippen LogP contribution in [0.15, 0.2) is 42.5 Å². The summed E-state index contributed by atoms with van der Waals surface area (Å²) in [4.78, 5) is 24.5. The second-order valence-electron chi connectivity index (χ2n) is 5.21. The number of halogens is 1. The van der Waals surface area contributed by atoms with E-state index in [1.54, 1.807) is 24.0 Å². The Morgan fingerprint density at radius 1 is 1.26 bits per heavy atom. The molecular weight excluding hydrogens is 299 g/mol. The molecule has 0 saturated carbocycles. The van der Waals surface area contributed by atoms with Crippen molar-refractivity contribution in [2.24, 2.45) is 0 Å². The zero-order valence-corrected chi connectivity index (χ0v) is 13.0. The molecule has 0 saturated heterocycles. The van der Waals surface area contributed by atoms with Gasteiger partial charge in [-0.15, -0.1) is 0 Å². The van der Waals surface area contributed by atoms with Gasteiger partial charge in [0.2, 0.25) is 0 Å². The maximum Gasteiger partial charge on any atom is 0.272 e. The molecule has 0 bridgehead atoms. The van der Waals surface area contributed by atoms with Gasteiger partial charge in [0, 0.05) is 30.3 Å². The number of nitrogens with zero attached hydrogens (tertiary/aromatic N) is 2. The van der Waals surface area contributed by atoms with Crippen LogP contribution in [0.4, 0.5) is 10.1 Å². The first-order valence-electron chi connectivity index (χ1n) is 7.21. The quantitative estimate of drug-likeness (QED) is 0.624. The summed E-state index contributed by atoms with van der Waals surface area (Å²) in [6, 6.07) is 10.4. The number of rotatable bonds is 5. The minimum atomic E-state index is -0.478. The Kier molecular flexibility index (Phi) is 5.05. The molecule has 6 heteroatoms. The van der Waals surface area contributed by atoms with Crippen molar-refractivity contribution in [2.45, 2.75) is 20.4 Å². The third-order valence-electron chi connectivity index (χ3n) is 3.57. The van der Waals surface area contributed by atoms with E-state index >= 15 is 0 Å². The van der Waals surface area contributed by atoms with Crippen LogP contribution in [0.3, 0.4) is 0 Å². The summed E-state index contributed by atoms with van der Waals surface area (Å²) < 4.78 is 13.3. The lowest BCUT2D eigenvalue weighted by Gasteiger charge is -2.21. The number of nitro groups is 1. The average molecular weight is 316 g/mol. The van der Waals surface area contributed by atoms with Gasteiger partial charge >= 0.3 is 0 Å². The lowest BCUT2D eigenvalue weighted by Crippen LogP contribution is -2.30. The second kappa shape index (κ2) is 7.00. The maximum absolute atomic E-state index is 13.3. The lowest BCUT2D eigenvalue weighted by atomic mass is 10.1. The minimum Gasteiger partial charge on any atom is -0.335 e. The maximum atomic E-state index is 13.3. The van der Waals surface area contributed by atoms with Gasteiger partial charge in [0.1, 0.15) is 5.82 Å². The van der Waals surface area contributed by atoms with Crippen molar-refractivity contribution in [3.05, 3.63) is 75.1 Å². The smallest absolute Gasteiger partial charge is 0.272 e. The van der Waals surface area contributed by atoms with E-state index in [1.165, 1.54) is 30.3 Å². The van der Waals surface area contributed by atoms with Crippen molar-refractivity contribution >= 4 is 11.6 Å². The Balaban J connectivity index is 2.23. The summed E-state index contributed by atoms with van der Waals surface area (Å²) >= 11 is 0. The first kappa shape index (κ1) is 16.6. The number of hydrogen-bond acceptors (Lipinski definition) is 3. The molecule has 0 heterocycles. The normalized spacial score (nSPS) is 10.4. The molecule has 0 aliphatic carbocycles. The summed E-state index contributed by atoms with van der Waals surface area (Å²) in [5.74, 6) is -0.591. The number of aryl methyl sites for hydroxylation is 1. The van der Waals surface area contributed by atoms with E-state index in [4.69, 9.17) is 0 Å². The number of carbonyl (C=O) groups is 1. The molecule has 23 heavy (non-hydrogen) atoms. The molecule has 2 aromatic carbocycles. The first-order chi connectivity index (χ1) is 10.9. The molecule has 0 radical (unpaired) electrons. The molecular formula is C17H17FN2O3. The monoisotopic (exact) mass is 316 g/mol. The van der Waals surface area contributed by atoms with Crippen molar-refractivity contribution in [3.63, 3.8) is 0 Å². The van der Waals surface area contributed by atoms with Crippen LogP contribution in [0, 0.1) is 22.9 Å². The standard InChI is InChI=1S/C17H17FN2O3/c1-3-19(11-13-5-4-6-15(18)10-13)17(21)14-7-8-16(20(22)23)12(2)9-14/h4-10H,3,11H2,1-2H3. The Morgan fingerprint density at radius 2 is 2.00 bits per heavy atom. The zero-order chi connectivity index (χ0) is 17.0. The summed E-state index contributed by atoms with van der Waals surface area (Å²) in [6.45, 7) is 4.15. The first-order valence-corrected chi connectivity index (χ1v) is 7.21. The molecule has 0 fully saturated rings. The van der Waals surface area contributed by atoms with E-state index in [-0.39, 0.29) is 24.0 Å². The largest absolute Gasteiger partial charge is 0.335 e. The zero-order valence-electron chi connectivity index (χ0n) is 13.0. The minimum absolute atomic E-state index is 0.0188. The van der Waals surface area contributed by atoms with E-state index in [9.17, 15) is 19.3 Å². The number of nitro benzene ring substituents is 1. The van der Waals surface area contributed by atoms with Gasteiger partial charge in [-0.1, -0.05) is 12.1 Å². The van der Waals surface area contributed by atoms with Crippen molar-refractivity contribution in [1.29, 1.82) is 0 Å². The van der Waals surface area contributed by atoms with Crippen molar-refractivity contribution in [1.82, 2.24) is 4.90 Å². The lowest BCUT2D eigenvalue weighted by molar-refractivity contribution is -0.385. The van der Waals surface area contributed by atoms with Gasteiger partial charge in [-0.25, -0.2) is 4.39 Å². The third kappa shape index (κ3) is 3.91. The van der Waals surface area contributed by atoms with Gasteiger partial charge in [-0.05, 0) is 43.7 Å². The number of carbonyl (C=O) groups excluding carboxylic acids is 1. The molecule has 120 valence electrons. The SMILES string of the molecule is CCN(Cc1cccc(F)c1)C(=O)c1ccc([N+](=O)[O-])c(C)c1. The van der Waals surface area contributed by atoms with E-state index < -0.39 is 4.92 Å². The van der Waals surface area contributed by atoms with Crippen LogP contribution >= 0.6 is 0 Å². The fourth-order valence-corrected chi connectivity index (χ4v) is 2.36. The molecule has 0 N–H and O–H groups in total. The molecule has 0 atom stereocenters. The number of amides is 1. The Bertz CT molecular complexity index is 746. The van der Waals surface area contributed by atoms with E-state index in [0.29, 0.717) is 23.2 Å². The van der Waals surface area contributed by atoms with Gasteiger partial charge in [0.25, 0.3) is 11.6 Å². The fourth-order valence-electron chi connectivity index (χ4n) is 2.36. The van der Waals surface area contributed by atoms with Gasteiger partial charge in [-0.2, -0.15) is 0 Å². The molecule has 2 aromatic rings. The number of benzene rings is 2. The molecule has 0 unspecified atom stereocenters. The summed E-state index contributed by atoms with van der Waals surface area (Å²) in [7, 11) is 0. The summed E-state index contributed by atoms with van der Waals surface area (Å²) in [5.41, 5.74) is 1.49. The fraction of sp³-hybridized carbons (Fsp3) is 0.235. The van der Waals surface area contributed by atoms with Crippen LogP contribution in [0.1, 0.15) is 28.4 Å². The van der Waals surface area contributed by atoms with Crippen molar-refractivity contribution in [2.75, 3.05) is 6.54 Å². The predicted molar refractivity (Wildman–Crippen MR) is 84.6 cm³/mol. The van der Waals surface area contributed by atoms with Crippen LogP contribution in [-0.2, 0) is 6.54 Å². The highest BCUT2D eigenvalue weighted by Gasteiger charge is 2.18. The highest BCUT2D eigenvalue weighted by molar-refractivity contribution is 5.94. The highest BCUT2D eigenvalue weighted by Crippen LogP contribution is 2.20. The molecule has 0 aromatic heterocycles. The van der Waals surface area contributed by atoms with Crippen LogP contribution in [0.25, 0.3) is 0 Å². The van der Waals surface area contributed by atoms with Gasteiger partial charge in [-0.3, -0.25) is 14.9 Å². The van der Waals surface area contributed by atoms with Crippen LogP contribution < -0.4 is 0 Å². The van der Waals surface area contributed by atoms with E-state index in [0.717, 1.165) is 0 Å². The molecule has 0 spiro atoms. The van der Waals surface area contributed by atoms with Crippen molar-refractivity contribution in [3.8, 4) is 0 Å². The predicted octanol–water partition coefficient (Wildman–Crippen LogP) is 3.70. The van der Waals surface area contributed by atoms with Crippen LogP contribution in [-0.4, -0.2) is 22.3 Å². The number of hydrogen-bond donors (Lipinski definition) is 0. The van der Waals surface area contributed by atoms with E-state index in [2.05, 4.69) is 0 Å². The van der Waals surface area contributed by atoms with Crippen LogP contribution in [0.2, 0.25) is 0 Å². The van der Waals surface area contributed by atoms with Gasteiger partial charge in [0.05, 0.1) is 4.92 Å². The average Bonchev–Trinajstić information content (AvgIpc) is 2.51. The Morgan fingerprint density at radius 3 is 2.57 bits per heavy atom. The molecule has 2 rings (SSSR count). The van der Waals surface area contributed by atoms with Gasteiger partial charge in [0.15, 0.2) is 0 Å². The molecule has 5 nitrogen and oxygen atoms in total. The topological polar surface area (TPSA) is 63.5 Å².